The number of hydrogen-bond acceptors (Lipinski definition) is 1. The van der Waals surface area contributed by atoms with E-state index in [0.717, 1.165) is 11.1 Å². The fourth-order valence-corrected chi connectivity index (χ4v) is 2.27. The standard InChI is InChI=1S/C15H12Cl2F2O/c16-12-6-4-10(5-7-12)8-14(17)11-2-1-3-13(9-11)20-15(18)19/h1-7,9,14-15H,8H2. The first-order valence-electron chi connectivity index (χ1n) is 5.98. The van der Waals surface area contributed by atoms with Crippen LogP contribution in [0.1, 0.15) is 16.5 Å². The van der Waals surface area contributed by atoms with E-state index in [1.807, 2.05) is 12.1 Å². The fourth-order valence-electron chi connectivity index (χ4n) is 1.83. The van der Waals surface area contributed by atoms with Crippen LogP contribution in [0.4, 0.5) is 8.78 Å². The topological polar surface area (TPSA) is 9.23 Å². The zero-order chi connectivity index (χ0) is 14.5. The van der Waals surface area contributed by atoms with Crippen molar-refractivity contribution in [2.45, 2.75) is 18.4 Å². The molecule has 2 rings (SSSR count). The summed E-state index contributed by atoms with van der Waals surface area (Å²) in [4.78, 5) is 0. The summed E-state index contributed by atoms with van der Waals surface area (Å²) in [6, 6.07) is 13.8. The molecule has 106 valence electrons. The Morgan fingerprint density at radius 1 is 1.05 bits per heavy atom. The van der Waals surface area contributed by atoms with E-state index in [0.29, 0.717) is 11.4 Å². The molecule has 0 aromatic heterocycles. The van der Waals surface area contributed by atoms with E-state index in [9.17, 15) is 8.78 Å². The van der Waals surface area contributed by atoms with Crippen molar-refractivity contribution in [3.8, 4) is 5.75 Å². The molecule has 0 heterocycles. The third-order valence-electron chi connectivity index (χ3n) is 2.77. The lowest BCUT2D eigenvalue weighted by molar-refractivity contribution is -0.0498. The maximum absolute atomic E-state index is 12.2. The van der Waals surface area contributed by atoms with Gasteiger partial charge < -0.3 is 4.74 Å². The highest BCUT2D eigenvalue weighted by Gasteiger charge is 2.11. The Balaban J connectivity index is 2.08. The van der Waals surface area contributed by atoms with Crippen LogP contribution in [0, 0.1) is 0 Å². The van der Waals surface area contributed by atoms with Crippen LogP contribution in [-0.2, 0) is 6.42 Å². The summed E-state index contributed by atoms with van der Waals surface area (Å²) in [5.41, 5.74) is 1.76. The number of ether oxygens (including phenoxy) is 1. The molecule has 0 N–H and O–H groups in total. The highest BCUT2D eigenvalue weighted by molar-refractivity contribution is 6.30. The highest BCUT2D eigenvalue weighted by Crippen LogP contribution is 2.28. The Morgan fingerprint density at radius 3 is 2.40 bits per heavy atom. The maximum Gasteiger partial charge on any atom is 0.387 e. The normalized spacial score (nSPS) is 12.4. The second-order valence-electron chi connectivity index (χ2n) is 4.25. The fraction of sp³-hybridized carbons (Fsp3) is 0.200. The Hall–Kier alpha value is -1.32. The maximum atomic E-state index is 12.2. The first-order valence-corrected chi connectivity index (χ1v) is 6.79. The smallest absolute Gasteiger partial charge is 0.387 e. The Kier molecular flexibility index (Phi) is 5.21. The highest BCUT2D eigenvalue weighted by atomic mass is 35.5. The molecule has 2 aromatic rings. The minimum Gasteiger partial charge on any atom is -0.435 e. The van der Waals surface area contributed by atoms with Crippen molar-refractivity contribution >= 4 is 23.2 Å². The lowest BCUT2D eigenvalue weighted by Crippen LogP contribution is -2.03. The Morgan fingerprint density at radius 2 is 1.75 bits per heavy atom. The third-order valence-corrected chi connectivity index (χ3v) is 3.43. The van der Waals surface area contributed by atoms with Crippen LogP contribution in [0.25, 0.3) is 0 Å². The van der Waals surface area contributed by atoms with Gasteiger partial charge in [-0.05, 0) is 41.8 Å². The molecule has 0 radical (unpaired) electrons. The number of halogens is 4. The number of alkyl halides is 3. The zero-order valence-electron chi connectivity index (χ0n) is 10.4. The van der Waals surface area contributed by atoms with Crippen molar-refractivity contribution < 1.29 is 13.5 Å². The minimum absolute atomic E-state index is 0.110. The summed E-state index contributed by atoms with van der Waals surface area (Å²) in [5, 5.41) is 0.338. The molecule has 5 heteroatoms. The predicted molar refractivity (Wildman–Crippen MR) is 76.8 cm³/mol. The van der Waals surface area contributed by atoms with Crippen molar-refractivity contribution in [3.63, 3.8) is 0 Å². The molecule has 1 unspecified atom stereocenters. The zero-order valence-corrected chi connectivity index (χ0v) is 11.9. The van der Waals surface area contributed by atoms with E-state index in [-0.39, 0.29) is 11.1 Å². The molecular weight excluding hydrogens is 305 g/mol. The van der Waals surface area contributed by atoms with Crippen LogP contribution in [-0.4, -0.2) is 6.61 Å². The van der Waals surface area contributed by atoms with Crippen molar-refractivity contribution in [1.82, 2.24) is 0 Å². The van der Waals surface area contributed by atoms with E-state index < -0.39 is 6.61 Å². The van der Waals surface area contributed by atoms with Gasteiger partial charge in [-0.25, -0.2) is 0 Å². The van der Waals surface area contributed by atoms with E-state index >= 15 is 0 Å². The largest absolute Gasteiger partial charge is 0.435 e. The Labute approximate surface area is 126 Å². The van der Waals surface area contributed by atoms with Crippen LogP contribution in [0.5, 0.6) is 5.75 Å². The third kappa shape index (κ3) is 4.36. The SMILES string of the molecule is FC(F)Oc1cccc(C(Cl)Cc2ccc(Cl)cc2)c1. The van der Waals surface area contributed by atoms with Gasteiger partial charge in [0.25, 0.3) is 0 Å². The van der Waals surface area contributed by atoms with E-state index in [2.05, 4.69) is 4.74 Å². The Bertz CT molecular complexity index is 558. The molecule has 1 nitrogen and oxygen atoms in total. The summed E-state index contributed by atoms with van der Waals surface area (Å²) in [5.74, 6) is 0.110. The molecule has 0 aliphatic heterocycles. The summed E-state index contributed by atoms with van der Waals surface area (Å²) < 4.78 is 28.7. The number of hydrogen-bond donors (Lipinski definition) is 0. The van der Waals surface area contributed by atoms with Gasteiger partial charge in [-0.1, -0.05) is 35.9 Å². The molecule has 0 aliphatic rings. The van der Waals surface area contributed by atoms with E-state index in [1.165, 1.54) is 12.1 Å². The van der Waals surface area contributed by atoms with Gasteiger partial charge in [0.1, 0.15) is 5.75 Å². The minimum atomic E-state index is -2.84. The predicted octanol–water partition coefficient (Wildman–Crippen LogP) is 5.46. The monoisotopic (exact) mass is 316 g/mol. The van der Waals surface area contributed by atoms with Gasteiger partial charge in [0.2, 0.25) is 0 Å². The van der Waals surface area contributed by atoms with Crippen molar-refractivity contribution in [1.29, 1.82) is 0 Å². The average Bonchev–Trinajstić information content (AvgIpc) is 2.41. The van der Waals surface area contributed by atoms with Gasteiger partial charge in [-0.15, -0.1) is 11.6 Å². The molecule has 0 fully saturated rings. The van der Waals surface area contributed by atoms with E-state index in [1.54, 1.807) is 24.3 Å². The summed E-state index contributed by atoms with van der Waals surface area (Å²) in [6.07, 6.45) is 0.580. The van der Waals surface area contributed by atoms with Crippen molar-refractivity contribution in [2.75, 3.05) is 0 Å². The average molecular weight is 317 g/mol. The van der Waals surface area contributed by atoms with Gasteiger partial charge in [0.15, 0.2) is 0 Å². The van der Waals surface area contributed by atoms with Crippen LogP contribution in [0.2, 0.25) is 5.02 Å². The van der Waals surface area contributed by atoms with Gasteiger partial charge >= 0.3 is 6.61 Å². The summed E-state index contributed by atoms with van der Waals surface area (Å²) in [7, 11) is 0. The molecule has 0 spiro atoms. The quantitative estimate of drug-likeness (QED) is 0.665. The molecule has 0 amide bonds. The molecule has 0 saturated carbocycles. The molecule has 0 aliphatic carbocycles. The van der Waals surface area contributed by atoms with Crippen LogP contribution < -0.4 is 4.74 Å². The summed E-state index contributed by atoms with van der Waals surface area (Å²) in [6.45, 7) is -2.84. The second kappa shape index (κ2) is 6.91. The van der Waals surface area contributed by atoms with Crippen LogP contribution in [0.15, 0.2) is 48.5 Å². The summed E-state index contributed by atoms with van der Waals surface area (Å²) >= 11 is 12.1. The van der Waals surface area contributed by atoms with Gasteiger partial charge in [-0.3, -0.25) is 0 Å². The molecular formula is C15H12Cl2F2O. The van der Waals surface area contributed by atoms with Crippen molar-refractivity contribution in [2.24, 2.45) is 0 Å². The molecule has 20 heavy (non-hydrogen) atoms. The first-order chi connectivity index (χ1) is 9.54. The number of rotatable bonds is 5. The van der Waals surface area contributed by atoms with Crippen LogP contribution in [0.3, 0.4) is 0 Å². The van der Waals surface area contributed by atoms with Gasteiger partial charge in [-0.2, -0.15) is 8.78 Å². The molecule has 1 atom stereocenters. The second-order valence-corrected chi connectivity index (χ2v) is 5.21. The van der Waals surface area contributed by atoms with Gasteiger partial charge in [0, 0.05) is 5.02 Å². The molecule has 0 saturated heterocycles. The van der Waals surface area contributed by atoms with Crippen LogP contribution >= 0.6 is 23.2 Å². The molecule has 0 bridgehead atoms. The lowest BCUT2D eigenvalue weighted by Gasteiger charge is -2.12. The van der Waals surface area contributed by atoms with E-state index in [4.69, 9.17) is 23.2 Å². The number of benzene rings is 2. The van der Waals surface area contributed by atoms with Crippen molar-refractivity contribution in [3.05, 3.63) is 64.7 Å². The lowest BCUT2D eigenvalue weighted by atomic mass is 10.0. The first kappa shape index (κ1) is 15.1. The molecule has 2 aromatic carbocycles. The van der Waals surface area contributed by atoms with Gasteiger partial charge in [0.05, 0.1) is 5.38 Å².